The predicted octanol–water partition coefficient (Wildman–Crippen LogP) is 2.17. The Morgan fingerprint density at radius 1 is 1.33 bits per heavy atom. The number of nitrogens with one attached hydrogen (secondary N) is 1. The first-order chi connectivity index (χ1) is 8.72. The zero-order valence-corrected chi connectivity index (χ0v) is 10.9. The number of aliphatic hydroxyl groups is 1. The van der Waals surface area contributed by atoms with Crippen molar-refractivity contribution in [1.29, 1.82) is 0 Å². The maximum absolute atomic E-state index is 9.66. The molecule has 18 heavy (non-hydrogen) atoms. The molecule has 1 fully saturated rings. The van der Waals surface area contributed by atoms with Crippen molar-refractivity contribution in [2.75, 3.05) is 0 Å². The molecule has 0 amide bonds. The average Bonchev–Trinajstić information content (AvgIpc) is 2.73. The molecule has 1 aliphatic heterocycles. The van der Waals surface area contributed by atoms with Crippen LogP contribution in [0.2, 0.25) is 5.02 Å². The van der Waals surface area contributed by atoms with Gasteiger partial charge < -0.3 is 10.4 Å². The summed E-state index contributed by atoms with van der Waals surface area (Å²) in [5.74, 6) is 1.01. The van der Waals surface area contributed by atoms with E-state index in [-0.39, 0.29) is 6.10 Å². The van der Waals surface area contributed by atoms with Gasteiger partial charge in [0.15, 0.2) is 0 Å². The second kappa shape index (κ2) is 4.90. The van der Waals surface area contributed by atoms with Crippen molar-refractivity contribution in [1.82, 2.24) is 5.32 Å². The maximum atomic E-state index is 9.66. The lowest BCUT2D eigenvalue weighted by molar-refractivity contribution is 0.112. The van der Waals surface area contributed by atoms with E-state index < -0.39 is 0 Å². The smallest absolute Gasteiger partial charge is 0.101 e. The first-order valence-electron chi connectivity index (χ1n) is 6.47. The molecule has 0 bridgehead atoms. The molecule has 3 rings (SSSR count). The Balaban J connectivity index is 1.70. The van der Waals surface area contributed by atoms with Crippen molar-refractivity contribution in [2.24, 2.45) is 4.99 Å². The fourth-order valence-electron chi connectivity index (χ4n) is 2.81. The maximum Gasteiger partial charge on any atom is 0.101 e. The molecule has 96 valence electrons. The third-order valence-corrected chi connectivity index (χ3v) is 4.14. The van der Waals surface area contributed by atoms with Crippen LogP contribution in [0.4, 0.5) is 0 Å². The van der Waals surface area contributed by atoms with Crippen LogP contribution in [0.3, 0.4) is 0 Å². The van der Waals surface area contributed by atoms with Gasteiger partial charge in [0.1, 0.15) is 5.84 Å². The zero-order valence-electron chi connectivity index (χ0n) is 10.1. The zero-order chi connectivity index (χ0) is 12.5. The number of halogens is 1. The van der Waals surface area contributed by atoms with E-state index in [4.69, 9.17) is 16.6 Å². The fourth-order valence-corrected chi connectivity index (χ4v) is 3.01. The number of hydrogen-bond acceptors (Lipinski definition) is 3. The summed E-state index contributed by atoms with van der Waals surface area (Å²) in [6.45, 7) is 0. The van der Waals surface area contributed by atoms with Crippen LogP contribution in [0, 0.1) is 0 Å². The molecule has 1 heterocycles. The highest BCUT2D eigenvalue weighted by molar-refractivity contribution is 6.31. The quantitative estimate of drug-likeness (QED) is 0.860. The van der Waals surface area contributed by atoms with Gasteiger partial charge >= 0.3 is 0 Å². The molecule has 0 aromatic heterocycles. The predicted molar refractivity (Wildman–Crippen MR) is 73.2 cm³/mol. The second-order valence-corrected chi connectivity index (χ2v) is 5.54. The number of fused-ring (bicyclic) bond motifs is 1. The lowest BCUT2D eigenvalue weighted by atomic mass is 9.90. The summed E-state index contributed by atoms with van der Waals surface area (Å²) in [5, 5.41) is 13.9. The van der Waals surface area contributed by atoms with Crippen molar-refractivity contribution in [2.45, 2.75) is 43.9 Å². The summed E-state index contributed by atoms with van der Waals surface area (Å²) in [7, 11) is 0. The van der Waals surface area contributed by atoms with Gasteiger partial charge in [-0.05, 0) is 30.9 Å². The topological polar surface area (TPSA) is 44.6 Å². The van der Waals surface area contributed by atoms with Gasteiger partial charge in [0.05, 0.1) is 18.2 Å². The molecule has 1 aliphatic carbocycles. The van der Waals surface area contributed by atoms with E-state index in [0.29, 0.717) is 12.1 Å². The van der Waals surface area contributed by atoms with E-state index in [1.54, 1.807) is 0 Å². The number of benzene rings is 1. The molecule has 4 heteroatoms. The molecular weight excluding hydrogens is 248 g/mol. The molecule has 1 saturated carbocycles. The molecule has 3 unspecified atom stereocenters. The van der Waals surface area contributed by atoms with E-state index in [2.05, 4.69) is 5.32 Å². The van der Waals surface area contributed by atoms with Gasteiger partial charge in [-0.25, -0.2) is 0 Å². The Kier molecular flexibility index (Phi) is 3.27. The van der Waals surface area contributed by atoms with Crippen LogP contribution in [0.25, 0.3) is 0 Å². The highest BCUT2D eigenvalue weighted by Gasteiger charge is 2.34. The van der Waals surface area contributed by atoms with E-state index >= 15 is 0 Å². The van der Waals surface area contributed by atoms with Gasteiger partial charge in [-0.3, -0.25) is 4.99 Å². The molecule has 1 aromatic rings. The van der Waals surface area contributed by atoms with Gasteiger partial charge in [-0.15, -0.1) is 0 Å². The number of aliphatic hydroxyl groups excluding tert-OH is 1. The Hall–Kier alpha value is -1.06. The first-order valence-corrected chi connectivity index (χ1v) is 6.85. The number of hydrogen-bond donors (Lipinski definition) is 2. The minimum absolute atomic E-state index is 0.173. The SMILES string of the molecule is OC1CCC2N=C(Cc3ccccc3Cl)NC2C1. The molecule has 2 aliphatic rings. The number of amidine groups is 1. The molecule has 3 nitrogen and oxygen atoms in total. The minimum Gasteiger partial charge on any atom is -0.393 e. The molecule has 3 atom stereocenters. The van der Waals surface area contributed by atoms with Crippen molar-refractivity contribution in [3.05, 3.63) is 34.9 Å². The summed E-state index contributed by atoms with van der Waals surface area (Å²) in [6.07, 6.45) is 3.23. The summed E-state index contributed by atoms with van der Waals surface area (Å²) >= 11 is 6.16. The normalized spacial score (nSPS) is 30.6. The van der Waals surface area contributed by atoms with Gasteiger partial charge in [0, 0.05) is 11.4 Å². The third-order valence-electron chi connectivity index (χ3n) is 3.78. The Morgan fingerprint density at radius 3 is 3.00 bits per heavy atom. The van der Waals surface area contributed by atoms with Crippen molar-refractivity contribution in [3.63, 3.8) is 0 Å². The van der Waals surface area contributed by atoms with E-state index in [0.717, 1.165) is 42.1 Å². The van der Waals surface area contributed by atoms with Crippen LogP contribution >= 0.6 is 11.6 Å². The first kappa shape index (κ1) is 12.0. The van der Waals surface area contributed by atoms with Crippen LogP contribution in [0.1, 0.15) is 24.8 Å². The molecule has 0 radical (unpaired) electrons. The molecule has 2 N–H and O–H groups in total. The van der Waals surface area contributed by atoms with E-state index in [1.165, 1.54) is 0 Å². The monoisotopic (exact) mass is 264 g/mol. The second-order valence-electron chi connectivity index (χ2n) is 5.13. The molecule has 1 aromatic carbocycles. The highest BCUT2D eigenvalue weighted by atomic mass is 35.5. The largest absolute Gasteiger partial charge is 0.393 e. The summed E-state index contributed by atoms with van der Waals surface area (Å²) in [4.78, 5) is 4.72. The van der Waals surface area contributed by atoms with Crippen molar-refractivity contribution >= 4 is 17.4 Å². The van der Waals surface area contributed by atoms with Gasteiger partial charge in [-0.1, -0.05) is 29.8 Å². The number of aliphatic imine (C=N–C) groups is 1. The molecular formula is C14H17ClN2O. The highest BCUT2D eigenvalue weighted by Crippen LogP contribution is 2.26. The van der Waals surface area contributed by atoms with Crippen molar-refractivity contribution in [3.8, 4) is 0 Å². The van der Waals surface area contributed by atoms with Crippen LogP contribution in [-0.2, 0) is 6.42 Å². The summed E-state index contributed by atoms with van der Waals surface area (Å²) < 4.78 is 0. The Bertz CT molecular complexity index is 475. The summed E-state index contributed by atoms with van der Waals surface area (Å²) in [6, 6.07) is 8.52. The van der Waals surface area contributed by atoms with E-state index in [1.807, 2.05) is 24.3 Å². The lowest BCUT2D eigenvalue weighted by Crippen LogP contribution is -2.41. The molecule has 0 spiro atoms. The Morgan fingerprint density at radius 2 is 2.17 bits per heavy atom. The number of rotatable bonds is 2. The van der Waals surface area contributed by atoms with Crippen LogP contribution in [-0.4, -0.2) is 29.1 Å². The Labute approximate surface area is 112 Å². The average molecular weight is 265 g/mol. The van der Waals surface area contributed by atoms with Gasteiger partial charge in [0.2, 0.25) is 0 Å². The standard InChI is InChI=1S/C14H17ClN2O/c15-11-4-2-1-3-9(11)7-14-16-12-6-5-10(18)8-13(12)17-14/h1-4,10,12-13,18H,5-8H2,(H,16,17). The molecule has 0 saturated heterocycles. The van der Waals surface area contributed by atoms with Crippen molar-refractivity contribution < 1.29 is 5.11 Å². The van der Waals surface area contributed by atoms with Gasteiger partial charge in [-0.2, -0.15) is 0 Å². The minimum atomic E-state index is -0.173. The number of nitrogens with zero attached hydrogens (tertiary/aromatic N) is 1. The van der Waals surface area contributed by atoms with Crippen LogP contribution in [0.5, 0.6) is 0 Å². The lowest BCUT2D eigenvalue weighted by Gasteiger charge is -2.27. The van der Waals surface area contributed by atoms with Crippen LogP contribution in [0.15, 0.2) is 29.3 Å². The summed E-state index contributed by atoms with van der Waals surface area (Å²) in [5.41, 5.74) is 1.10. The van der Waals surface area contributed by atoms with E-state index in [9.17, 15) is 5.11 Å². The fraction of sp³-hybridized carbons (Fsp3) is 0.500. The van der Waals surface area contributed by atoms with Crippen LogP contribution < -0.4 is 5.32 Å². The van der Waals surface area contributed by atoms with Gasteiger partial charge in [0.25, 0.3) is 0 Å². The third kappa shape index (κ3) is 2.38.